The number of barbiturate groups is 1. The average molecular weight is 233 g/mol. The quantitative estimate of drug-likeness (QED) is 0.415. The fourth-order valence-electron chi connectivity index (χ4n) is 1.74. The minimum Gasteiger partial charge on any atom is -0.277 e. The van der Waals surface area contributed by atoms with Crippen molar-refractivity contribution >= 4 is 47.4 Å². The van der Waals surface area contributed by atoms with Crippen LogP contribution in [0.5, 0.6) is 0 Å². The molecule has 1 rings (SSSR count). The zero-order chi connectivity index (χ0) is 11.6. The van der Waals surface area contributed by atoms with E-state index >= 15 is 0 Å². The van der Waals surface area contributed by atoms with E-state index in [9.17, 15) is 14.4 Å². The van der Waals surface area contributed by atoms with Crippen LogP contribution in [0.4, 0.5) is 4.79 Å². The Hall–Kier alpha value is -0.650. The van der Waals surface area contributed by atoms with Crippen molar-refractivity contribution < 1.29 is 14.4 Å². The SMILES string of the molecule is C=CCC1(C(C)C)C(=O)NC(=O)NC1=O.[Na]. The van der Waals surface area contributed by atoms with Gasteiger partial charge in [0.2, 0.25) is 11.8 Å². The van der Waals surface area contributed by atoms with Crippen LogP contribution in [0.15, 0.2) is 12.7 Å². The third-order valence-electron chi connectivity index (χ3n) is 2.72. The van der Waals surface area contributed by atoms with Crippen molar-refractivity contribution in [3.05, 3.63) is 12.7 Å². The first-order chi connectivity index (χ1) is 6.95. The normalized spacial score (nSPS) is 18.6. The molecule has 1 radical (unpaired) electrons. The van der Waals surface area contributed by atoms with Crippen molar-refractivity contribution in [3.63, 3.8) is 0 Å². The van der Waals surface area contributed by atoms with E-state index in [-0.39, 0.29) is 41.9 Å². The summed E-state index contributed by atoms with van der Waals surface area (Å²) in [7, 11) is 0. The van der Waals surface area contributed by atoms with Gasteiger partial charge in [0.25, 0.3) is 0 Å². The van der Waals surface area contributed by atoms with E-state index in [1.807, 2.05) is 0 Å². The van der Waals surface area contributed by atoms with Gasteiger partial charge in [-0.15, -0.1) is 6.58 Å². The van der Waals surface area contributed by atoms with Gasteiger partial charge in [-0.3, -0.25) is 20.2 Å². The third kappa shape index (κ3) is 2.36. The summed E-state index contributed by atoms with van der Waals surface area (Å²) in [6.45, 7) is 7.05. The first kappa shape index (κ1) is 15.3. The molecule has 1 saturated heterocycles. The number of imide groups is 2. The maximum Gasteiger partial charge on any atom is 0.328 e. The van der Waals surface area contributed by atoms with Gasteiger partial charge in [0.15, 0.2) is 0 Å². The molecule has 4 amide bonds. The molecule has 0 aromatic heterocycles. The Balaban J connectivity index is 0.00000225. The molecule has 6 heteroatoms. The molecule has 0 aromatic rings. The second-order valence-electron chi connectivity index (χ2n) is 3.86. The van der Waals surface area contributed by atoms with E-state index in [1.165, 1.54) is 6.08 Å². The van der Waals surface area contributed by atoms with Crippen molar-refractivity contribution in [2.75, 3.05) is 0 Å². The number of urea groups is 1. The van der Waals surface area contributed by atoms with E-state index in [1.54, 1.807) is 13.8 Å². The number of carbonyl (C=O) groups is 3. The maximum atomic E-state index is 11.7. The predicted molar refractivity (Wildman–Crippen MR) is 59.5 cm³/mol. The molecule has 0 saturated carbocycles. The largest absolute Gasteiger partial charge is 0.328 e. The zero-order valence-corrected chi connectivity index (χ0v) is 11.8. The molecule has 0 spiro atoms. The van der Waals surface area contributed by atoms with Crippen LogP contribution >= 0.6 is 0 Å². The summed E-state index contributed by atoms with van der Waals surface area (Å²) in [4.78, 5) is 34.4. The Morgan fingerprint density at radius 3 is 2.00 bits per heavy atom. The maximum absolute atomic E-state index is 11.7. The van der Waals surface area contributed by atoms with Gasteiger partial charge in [-0.05, 0) is 12.3 Å². The molecular weight excluding hydrogens is 219 g/mol. The number of hydrogen-bond acceptors (Lipinski definition) is 3. The number of hydrogen-bond donors (Lipinski definition) is 2. The Labute approximate surface area is 116 Å². The van der Waals surface area contributed by atoms with Crippen LogP contribution in [-0.2, 0) is 9.59 Å². The summed E-state index contributed by atoms with van der Waals surface area (Å²) < 4.78 is 0. The van der Waals surface area contributed by atoms with Gasteiger partial charge >= 0.3 is 6.03 Å². The van der Waals surface area contributed by atoms with Crippen LogP contribution in [0.2, 0.25) is 0 Å². The minimum atomic E-state index is -1.21. The van der Waals surface area contributed by atoms with Crippen molar-refractivity contribution in [1.29, 1.82) is 0 Å². The summed E-state index contributed by atoms with van der Waals surface area (Å²) in [6, 6.07) is -0.759. The van der Waals surface area contributed by atoms with E-state index in [0.29, 0.717) is 0 Å². The number of carbonyl (C=O) groups excluding carboxylic acids is 3. The summed E-state index contributed by atoms with van der Waals surface area (Å²) in [5.74, 6) is -1.30. The number of amides is 4. The molecule has 1 fully saturated rings. The molecule has 0 atom stereocenters. The standard InChI is InChI=1S/C10H14N2O3.Na/c1-4-5-10(6(2)3)7(13)11-9(15)12-8(10)14;/h4,6H,1,5H2,2-3H3,(H2,11,12,13,14,15);. The third-order valence-corrected chi connectivity index (χ3v) is 2.72. The molecule has 1 aliphatic heterocycles. The van der Waals surface area contributed by atoms with Crippen molar-refractivity contribution in [2.45, 2.75) is 20.3 Å². The van der Waals surface area contributed by atoms with Gasteiger partial charge in [0.05, 0.1) is 0 Å². The number of allylic oxidation sites excluding steroid dienone is 1. The minimum absolute atomic E-state index is 0. The molecule has 5 nitrogen and oxygen atoms in total. The molecule has 0 aliphatic carbocycles. The van der Waals surface area contributed by atoms with E-state index < -0.39 is 23.3 Å². The Bertz CT molecular complexity index is 319. The summed E-state index contributed by atoms with van der Waals surface area (Å²) >= 11 is 0. The van der Waals surface area contributed by atoms with Gasteiger partial charge in [-0.2, -0.15) is 0 Å². The van der Waals surface area contributed by atoms with Crippen molar-refractivity contribution in [2.24, 2.45) is 11.3 Å². The molecule has 2 N–H and O–H groups in total. The predicted octanol–water partition coefficient (Wildman–Crippen LogP) is 0.190. The molecular formula is C10H14N2NaO3. The topological polar surface area (TPSA) is 75.3 Å². The summed E-state index contributed by atoms with van der Waals surface area (Å²) in [6.07, 6.45) is 1.73. The van der Waals surface area contributed by atoms with Crippen LogP contribution in [0.25, 0.3) is 0 Å². The van der Waals surface area contributed by atoms with Crippen molar-refractivity contribution in [1.82, 2.24) is 10.6 Å². The molecule has 16 heavy (non-hydrogen) atoms. The van der Waals surface area contributed by atoms with Gasteiger partial charge in [-0.1, -0.05) is 19.9 Å². The van der Waals surface area contributed by atoms with Crippen LogP contribution < -0.4 is 10.6 Å². The van der Waals surface area contributed by atoms with Crippen LogP contribution in [0.3, 0.4) is 0 Å². The Kier molecular flexibility index (Phi) is 5.38. The number of nitrogens with one attached hydrogen (secondary N) is 2. The molecule has 1 aliphatic rings. The van der Waals surface area contributed by atoms with Gasteiger partial charge in [0, 0.05) is 29.6 Å². The molecule has 0 bridgehead atoms. The van der Waals surface area contributed by atoms with Gasteiger partial charge in [0.1, 0.15) is 5.41 Å². The van der Waals surface area contributed by atoms with Gasteiger partial charge < -0.3 is 0 Å². The number of rotatable bonds is 3. The first-order valence-corrected chi connectivity index (χ1v) is 4.73. The van der Waals surface area contributed by atoms with E-state index in [2.05, 4.69) is 17.2 Å². The average Bonchev–Trinajstić information content (AvgIpc) is 2.10. The van der Waals surface area contributed by atoms with Crippen LogP contribution in [-0.4, -0.2) is 47.4 Å². The fraction of sp³-hybridized carbons (Fsp3) is 0.500. The molecule has 1 heterocycles. The fourth-order valence-corrected chi connectivity index (χ4v) is 1.74. The van der Waals surface area contributed by atoms with Crippen molar-refractivity contribution in [3.8, 4) is 0 Å². The first-order valence-electron chi connectivity index (χ1n) is 4.73. The molecule has 83 valence electrons. The second-order valence-corrected chi connectivity index (χ2v) is 3.86. The van der Waals surface area contributed by atoms with E-state index in [4.69, 9.17) is 0 Å². The smallest absolute Gasteiger partial charge is 0.277 e. The van der Waals surface area contributed by atoms with Crippen LogP contribution in [0.1, 0.15) is 20.3 Å². The molecule has 0 aromatic carbocycles. The Morgan fingerprint density at radius 2 is 1.69 bits per heavy atom. The molecule has 0 unspecified atom stereocenters. The van der Waals surface area contributed by atoms with E-state index in [0.717, 1.165) is 0 Å². The monoisotopic (exact) mass is 233 g/mol. The van der Waals surface area contributed by atoms with Crippen LogP contribution in [0, 0.1) is 11.3 Å². The second kappa shape index (κ2) is 5.61. The summed E-state index contributed by atoms with van der Waals surface area (Å²) in [5.41, 5.74) is -1.21. The van der Waals surface area contributed by atoms with Gasteiger partial charge in [-0.25, -0.2) is 4.79 Å². The zero-order valence-electron chi connectivity index (χ0n) is 9.79. The summed E-state index contributed by atoms with van der Waals surface area (Å²) in [5, 5.41) is 4.22. The Morgan fingerprint density at radius 1 is 1.25 bits per heavy atom.